The maximum Gasteiger partial charge on any atom is 0.260 e. The Hall–Kier alpha value is -1.81. The highest BCUT2D eigenvalue weighted by Crippen LogP contribution is 2.20. The van der Waals surface area contributed by atoms with Crippen LogP contribution >= 0.6 is 0 Å². The van der Waals surface area contributed by atoms with Gasteiger partial charge in [-0.05, 0) is 63.1 Å². The molecule has 0 aromatic heterocycles. The van der Waals surface area contributed by atoms with Crippen LogP contribution in [0.1, 0.15) is 51.0 Å². The lowest BCUT2D eigenvalue weighted by Crippen LogP contribution is -2.32. The number of carbonyl (C=O) groups is 1. The first-order valence-electron chi connectivity index (χ1n) is 9.64. The largest absolute Gasteiger partial charge is 0.484 e. The van der Waals surface area contributed by atoms with Crippen LogP contribution in [0.5, 0.6) is 5.75 Å². The number of likely N-dealkylation sites (tertiary alicyclic amines) is 1. The molecule has 25 heavy (non-hydrogen) atoms. The van der Waals surface area contributed by atoms with Crippen LogP contribution in [0.15, 0.2) is 35.9 Å². The normalized spacial score (nSPS) is 18.8. The number of hydrogen-bond donors (Lipinski definition) is 1. The second-order valence-corrected chi connectivity index (χ2v) is 7.15. The summed E-state index contributed by atoms with van der Waals surface area (Å²) in [6, 6.07) is 8.50. The molecule has 0 bridgehead atoms. The van der Waals surface area contributed by atoms with Crippen LogP contribution in [0.25, 0.3) is 0 Å². The first-order chi connectivity index (χ1) is 12.2. The van der Waals surface area contributed by atoms with Crippen LogP contribution < -0.4 is 10.1 Å². The van der Waals surface area contributed by atoms with E-state index >= 15 is 0 Å². The van der Waals surface area contributed by atoms with E-state index in [1.54, 1.807) is 5.57 Å². The summed E-state index contributed by atoms with van der Waals surface area (Å²) in [4.78, 5) is 13.9. The smallest absolute Gasteiger partial charge is 0.260 e. The summed E-state index contributed by atoms with van der Waals surface area (Å²) in [5, 5.41) is 3.61. The highest BCUT2D eigenvalue weighted by atomic mass is 16.5. The number of nitrogens with one attached hydrogen (secondary N) is 1. The summed E-state index contributed by atoms with van der Waals surface area (Å²) in [5.41, 5.74) is 2.79. The van der Waals surface area contributed by atoms with E-state index in [2.05, 4.69) is 30.4 Å². The predicted octanol–water partition coefficient (Wildman–Crippen LogP) is 3.67. The molecule has 1 heterocycles. The standard InChI is InChI=1S/C21H30N2O2/c1-17(19-7-3-2-4-8-19)22-15-18-9-11-20(12-10-18)25-16-21(24)23-13-5-6-14-23/h7,9-12,17,22H,2-6,8,13-16H2,1H3. The van der Waals surface area contributed by atoms with Gasteiger partial charge in [0.15, 0.2) is 6.61 Å². The van der Waals surface area contributed by atoms with Crippen molar-refractivity contribution in [3.8, 4) is 5.75 Å². The predicted molar refractivity (Wildman–Crippen MR) is 101 cm³/mol. The van der Waals surface area contributed by atoms with Gasteiger partial charge in [0.25, 0.3) is 5.91 Å². The second kappa shape index (κ2) is 9.04. The Bertz CT molecular complexity index is 588. The van der Waals surface area contributed by atoms with E-state index in [1.165, 1.54) is 31.2 Å². The first-order valence-corrected chi connectivity index (χ1v) is 9.64. The number of hydrogen-bond acceptors (Lipinski definition) is 3. The minimum absolute atomic E-state index is 0.0952. The third-order valence-corrected chi connectivity index (χ3v) is 5.24. The van der Waals surface area contributed by atoms with Gasteiger partial charge in [-0.3, -0.25) is 4.79 Å². The minimum Gasteiger partial charge on any atom is -0.484 e. The van der Waals surface area contributed by atoms with Gasteiger partial charge in [-0.2, -0.15) is 0 Å². The van der Waals surface area contributed by atoms with Crippen LogP contribution in [0, 0.1) is 0 Å². The van der Waals surface area contributed by atoms with Gasteiger partial charge in [0.1, 0.15) is 5.75 Å². The number of amides is 1. The Morgan fingerprint density at radius 2 is 1.92 bits per heavy atom. The van der Waals surface area contributed by atoms with Gasteiger partial charge in [0.05, 0.1) is 0 Å². The molecule has 4 nitrogen and oxygen atoms in total. The molecule has 4 heteroatoms. The topological polar surface area (TPSA) is 41.6 Å². The van der Waals surface area contributed by atoms with Crippen LogP contribution in [0.3, 0.4) is 0 Å². The summed E-state index contributed by atoms with van der Waals surface area (Å²) >= 11 is 0. The summed E-state index contributed by atoms with van der Waals surface area (Å²) in [7, 11) is 0. The molecule has 1 N–H and O–H groups in total. The molecule has 1 aliphatic carbocycles. The molecule has 136 valence electrons. The zero-order valence-corrected chi connectivity index (χ0v) is 15.3. The van der Waals surface area contributed by atoms with Gasteiger partial charge < -0.3 is 15.0 Å². The van der Waals surface area contributed by atoms with E-state index in [-0.39, 0.29) is 12.5 Å². The fourth-order valence-corrected chi connectivity index (χ4v) is 3.56. The zero-order chi connectivity index (χ0) is 17.5. The summed E-state index contributed by atoms with van der Waals surface area (Å²) in [6.07, 6.45) is 9.73. The lowest BCUT2D eigenvalue weighted by Gasteiger charge is -2.21. The van der Waals surface area contributed by atoms with Crippen molar-refractivity contribution in [1.29, 1.82) is 0 Å². The van der Waals surface area contributed by atoms with E-state index in [0.29, 0.717) is 6.04 Å². The van der Waals surface area contributed by atoms with Crippen molar-refractivity contribution in [1.82, 2.24) is 10.2 Å². The molecule has 1 amide bonds. The SMILES string of the molecule is CC(NCc1ccc(OCC(=O)N2CCCC2)cc1)C1=CCCCC1. The molecule has 3 rings (SSSR count). The number of ether oxygens (including phenoxy) is 1. The molecule has 1 saturated heterocycles. The Labute approximate surface area is 151 Å². The molecule has 1 unspecified atom stereocenters. The van der Waals surface area contributed by atoms with Gasteiger partial charge in [-0.15, -0.1) is 0 Å². The van der Waals surface area contributed by atoms with E-state index < -0.39 is 0 Å². The zero-order valence-electron chi connectivity index (χ0n) is 15.3. The fraction of sp³-hybridized carbons (Fsp3) is 0.571. The maximum absolute atomic E-state index is 12.0. The van der Waals surface area contributed by atoms with Crippen molar-refractivity contribution < 1.29 is 9.53 Å². The Balaban J connectivity index is 1.42. The van der Waals surface area contributed by atoms with Crippen molar-refractivity contribution in [2.45, 2.75) is 58.0 Å². The van der Waals surface area contributed by atoms with Gasteiger partial charge in [-0.25, -0.2) is 0 Å². The van der Waals surface area contributed by atoms with Crippen molar-refractivity contribution in [3.63, 3.8) is 0 Å². The summed E-state index contributed by atoms with van der Waals surface area (Å²) in [6.45, 7) is 5.00. The highest BCUT2D eigenvalue weighted by molar-refractivity contribution is 5.78. The summed E-state index contributed by atoms with van der Waals surface area (Å²) < 4.78 is 5.64. The van der Waals surface area contributed by atoms with Crippen molar-refractivity contribution >= 4 is 5.91 Å². The van der Waals surface area contributed by atoms with Gasteiger partial charge in [-0.1, -0.05) is 23.8 Å². The van der Waals surface area contributed by atoms with Crippen molar-refractivity contribution in [3.05, 3.63) is 41.5 Å². The Morgan fingerprint density at radius 3 is 2.60 bits per heavy atom. The van der Waals surface area contributed by atoms with Gasteiger partial charge >= 0.3 is 0 Å². The average molecular weight is 342 g/mol. The number of nitrogens with zero attached hydrogens (tertiary/aromatic N) is 1. The van der Waals surface area contributed by atoms with E-state index in [4.69, 9.17) is 4.74 Å². The molecule has 1 fully saturated rings. The number of benzene rings is 1. The Morgan fingerprint density at radius 1 is 1.16 bits per heavy atom. The highest BCUT2D eigenvalue weighted by Gasteiger charge is 2.18. The molecule has 0 spiro atoms. The summed E-state index contributed by atoms with van der Waals surface area (Å²) in [5.74, 6) is 0.858. The third kappa shape index (κ3) is 5.33. The molecule has 0 radical (unpaired) electrons. The molecule has 1 aromatic carbocycles. The minimum atomic E-state index is 0.0952. The van der Waals surface area contributed by atoms with E-state index in [0.717, 1.165) is 38.2 Å². The molecule has 0 saturated carbocycles. The molecular formula is C21H30N2O2. The lowest BCUT2D eigenvalue weighted by atomic mass is 9.94. The number of rotatable bonds is 7. The third-order valence-electron chi connectivity index (χ3n) is 5.24. The molecule has 1 aliphatic heterocycles. The van der Waals surface area contributed by atoms with Crippen molar-refractivity contribution in [2.75, 3.05) is 19.7 Å². The van der Waals surface area contributed by atoms with Crippen LogP contribution in [-0.2, 0) is 11.3 Å². The average Bonchev–Trinajstić information content (AvgIpc) is 3.20. The second-order valence-electron chi connectivity index (χ2n) is 7.15. The van der Waals surface area contributed by atoms with Crippen LogP contribution in [0.4, 0.5) is 0 Å². The van der Waals surface area contributed by atoms with Crippen molar-refractivity contribution in [2.24, 2.45) is 0 Å². The fourth-order valence-electron chi connectivity index (χ4n) is 3.56. The van der Waals surface area contributed by atoms with Gasteiger partial charge in [0.2, 0.25) is 0 Å². The molecule has 1 atom stereocenters. The van der Waals surface area contributed by atoms with Crippen LogP contribution in [0.2, 0.25) is 0 Å². The molecule has 2 aliphatic rings. The Kier molecular flexibility index (Phi) is 6.51. The number of carbonyl (C=O) groups excluding carboxylic acids is 1. The lowest BCUT2D eigenvalue weighted by molar-refractivity contribution is -0.132. The van der Waals surface area contributed by atoms with Crippen LogP contribution in [-0.4, -0.2) is 36.5 Å². The monoisotopic (exact) mass is 342 g/mol. The van der Waals surface area contributed by atoms with Gasteiger partial charge in [0, 0.05) is 25.7 Å². The maximum atomic E-state index is 12.0. The quantitative estimate of drug-likeness (QED) is 0.769. The molecular weight excluding hydrogens is 312 g/mol. The van der Waals surface area contributed by atoms with E-state index in [9.17, 15) is 4.79 Å². The molecule has 1 aromatic rings. The number of allylic oxidation sites excluding steroid dienone is 1. The van der Waals surface area contributed by atoms with E-state index in [1.807, 2.05) is 17.0 Å². The first kappa shape index (κ1) is 18.0.